The number of benzene rings is 2. The Balaban J connectivity index is 2.27. The van der Waals surface area contributed by atoms with Gasteiger partial charge in [-0.2, -0.15) is 0 Å². The second-order valence-corrected chi connectivity index (χ2v) is 4.78. The van der Waals surface area contributed by atoms with Crippen LogP contribution in [0.25, 0.3) is 12.2 Å². The van der Waals surface area contributed by atoms with Crippen molar-refractivity contribution in [1.29, 1.82) is 0 Å². The third kappa shape index (κ3) is 3.45. The third-order valence-corrected chi connectivity index (χ3v) is 3.44. The zero-order chi connectivity index (χ0) is 13.7. The fourth-order valence-electron chi connectivity index (χ4n) is 1.71. The molecule has 0 aliphatic heterocycles. The highest BCUT2D eigenvalue weighted by Crippen LogP contribution is 2.28. The normalized spacial score (nSPS) is 10.8. The first-order chi connectivity index (χ1) is 9.20. The van der Waals surface area contributed by atoms with Crippen molar-refractivity contribution >= 4 is 29.6 Å². The van der Waals surface area contributed by atoms with Crippen LogP contribution in [0.2, 0.25) is 0 Å². The SMILES string of the molecule is CSc1cc(/C=C\c2ccccc2)ccc1[N+](=O)[O-]. The van der Waals surface area contributed by atoms with Crippen LogP contribution in [0.15, 0.2) is 53.4 Å². The minimum absolute atomic E-state index is 0.157. The Bertz CT molecular complexity index is 609. The summed E-state index contributed by atoms with van der Waals surface area (Å²) >= 11 is 1.38. The number of hydrogen-bond acceptors (Lipinski definition) is 3. The molecule has 2 rings (SSSR count). The fraction of sp³-hybridized carbons (Fsp3) is 0.0667. The first-order valence-corrected chi connectivity index (χ1v) is 6.99. The number of nitrogens with zero attached hydrogens (tertiary/aromatic N) is 1. The van der Waals surface area contributed by atoms with Gasteiger partial charge >= 0.3 is 0 Å². The van der Waals surface area contributed by atoms with Gasteiger partial charge in [-0.3, -0.25) is 10.1 Å². The van der Waals surface area contributed by atoms with Crippen LogP contribution in [-0.4, -0.2) is 11.2 Å². The molecule has 0 saturated heterocycles. The molecular formula is C15H13NO2S. The van der Waals surface area contributed by atoms with Crippen LogP contribution in [0.3, 0.4) is 0 Å². The van der Waals surface area contributed by atoms with Crippen LogP contribution in [0.5, 0.6) is 0 Å². The zero-order valence-corrected chi connectivity index (χ0v) is 11.3. The first-order valence-electron chi connectivity index (χ1n) is 5.76. The summed E-state index contributed by atoms with van der Waals surface area (Å²) in [5, 5.41) is 10.8. The zero-order valence-electron chi connectivity index (χ0n) is 10.4. The van der Waals surface area contributed by atoms with E-state index in [1.165, 1.54) is 11.8 Å². The van der Waals surface area contributed by atoms with Crippen molar-refractivity contribution in [3.8, 4) is 0 Å². The molecule has 0 heterocycles. The van der Waals surface area contributed by atoms with Gasteiger partial charge in [0, 0.05) is 6.07 Å². The maximum atomic E-state index is 10.8. The van der Waals surface area contributed by atoms with Crippen molar-refractivity contribution in [2.75, 3.05) is 6.26 Å². The van der Waals surface area contributed by atoms with Crippen LogP contribution in [0.1, 0.15) is 11.1 Å². The molecular weight excluding hydrogens is 258 g/mol. The largest absolute Gasteiger partial charge is 0.282 e. The molecule has 0 atom stereocenters. The lowest BCUT2D eigenvalue weighted by Crippen LogP contribution is -1.90. The molecule has 0 radical (unpaired) electrons. The lowest BCUT2D eigenvalue weighted by molar-refractivity contribution is -0.387. The smallest absolute Gasteiger partial charge is 0.258 e. The summed E-state index contributed by atoms with van der Waals surface area (Å²) in [4.78, 5) is 11.2. The monoisotopic (exact) mass is 271 g/mol. The highest BCUT2D eigenvalue weighted by atomic mass is 32.2. The van der Waals surface area contributed by atoms with Crippen molar-refractivity contribution in [2.24, 2.45) is 0 Å². The molecule has 0 fully saturated rings. The van der Waals surface area contributed by atoms with E-state index in [2.05, 4.69) is 0 Å². The average molecular weight is 271 g/mol. The van der Waals surface area contributed by atoms with E-state index in [-0.39, 0.29) is 10.6 Å². The summed E-state index contributed by atoms with van der Waals surface area (Å²) < 4.78 is 0. The number of nitro benzene ring substituents is 1. The van der Waals surface area contributed by atoms with Gasteiger partial charge in [0.2, 0.25) is 0 Å². The molecule has 0 bridgehead atoms. The number of thioether (sulfide) groups is 1. The van der Waals surface area contributed by atoms with Gasteiger partial charge in [0.1, 0.15) is 0 Å². The Morgan fingerprint density at radius 1 is 1.05 bits per heavy atom. The highest BCUT2D eigenvalue weighted by Gasteiger charge is 2.12. The van der Waals surface area contributed by atoms with Gasteiger partial charge in [-0.05, 0) is 29.5 Å². The Kier molecular flexibility index (Phi) is 4.36. The van der Waals surface area contributed by atoms with Gasteiger partial charge in [-0.15, -0.1) is 11.8 Å². The molecule has 0 saturated carbocycles. The van der Waals surface area contributed by atoms with E-state index in [1.54, 1.807) is 12.1 Å². The lowest BCUT2D eigenvalue weighted by atomic mass is 10.1. The molecule has 2 aromatic rings. The molecule has 19 heavy (non-hydrogen) atoms. The predicted octanol–water partition coefficient (Wildman–Crippen LogP) is 4.49. The summed E-state index contributed by atoms with van der Waals surface area (Å²) in [7, 11) is 0. The van der Waals surface area contributed by atoms with Gasteiger partial charge in [0.05, 0.1) is 9.82 Å². The Labute approximate surface area is 116 Å². The van der Waals surface area contributed by atoms with E-state index >= 15 is 0 Å². The van der Waals surface area contributed by atoms with Crippen molar-refractivity contribution in [2.45, 2.75) is 4.90 Å². The molecule has 0 aliphatic carbocycles. The molecule has 0 unspecified atom stereocenters. The van der Waals surface area contributed by atoms with Crippen LogP contribution in [0.4, 0.5) is 5.69 Å². The predicted molar refractivity (Wildman–Crippen MR) is 80.2 cm³/mol. The maximum absolute atomic E-state index is 10.8. The third-order valence-electron chi connectivity index (χ3n) is 2.67. The summed E-state index contributed by atoms with van der Waals surface area (Å²) in [6.45, 7) is 0. The van der Waals surface area contributed by atoms with Gasteiger partial charge in [-0.1, -0.05) is 42.5 Å². The first kappa shape index (κ1) is 13.4. The van der Waals surface area contributed by atoms with Crippen LogP contribution >= 0.6 is 11.8 Å². The van der Waals surface area contributed by atoms with Crippen molar-refractivity contribution in [3.63, 3.8) is 0 Å². The number of nitro groups is 1. The molecule has 0 spiro atoms. The van der Waals surface area contributed by atoms with Crippen molar-refractivity contribution < 1.29 is 4.92 Å². The molecule has 0 aliphatic rings. The summed E-state index contributed by atoms with van der Waals surface area (Å²) in [6.07, 6.45) is 5.79. The molecule has 96 valence electrons. The summed E-state index contributed by atoms with van der Waals surface area (Å²) in [5.41, 5.74) is 2.22. The van der Waals surface area contributed by atoms with E-state index in [9.17, 15) is 10.1 Å². The maximum Gasteiger partial charge on any atom is 0.282 e. The highest BCUT2D eigenvalue weighted by molar-refractivity contribution is 7.98. The number of rotatable bonds is 4. The van der Waals surface area contributed by atoms with Crippen molar-refractivity contribution in [1.82, 2.24) is 0 Å². The topological polar surface area (TPSA) is 43.1 Å². The van der Waals surface area contributed by atoms with Crippen LogP contribution in [-0.2, 0) is 0 Å². The van der Waals surface area contributed by atoms with Crippen LogP contribution < -0.4 is 0 Å². The minimum atomic E-state index is -0.351. The standard InChI is InChI=1S/C15H13NO2S/c1-19-15-11-13(9-10-14(15)16(17)18)8-7-12-5-3-2-4-6-12/h2-11H,1H3/b8-7-. The molecule has 0 amide bonds. The van der Waals surface area contributed by atoms with Crippen molar-refractivity contribution in [3.05, 3.63) is 69.8 Å². The molecule has 4 heteroatoms. The minimum Gasteiger partial charge on any atom is -0.258 e. The van der Waals surface area contributed by atoms with Gasteiger partial charge in [0.15, 0.2) is 0 Å². The second kappa shape index (κ2) is 6.20. The molecule has 2 aromatic carbocycles. The van der Waals surface area contributed by atoms with Crippen LogP contribution in [0, 0.1) is 10.1 Å². The van der Waals surface area contributed by atoms with E-state index < -0.39 is 0 Å². The Morgan fingerprint density at radius 2 is 1.74 bits per heavy atom. The fourth-order valence-corrected chi connectivity index (χ4v) is 2.31. The summed E-state index contributed by atoms with van der Waals surface area (Å²) in [6, 6.07) is 15.1. The number of hydrogen-bond donors (Lipinski definition) is 0. The van der Waals surface area contributed by atoms with Gasteiger partial charge in [-0.25, -0.2) is 0 Å². The Hall–Kier alpha value is -2.07. The van der Waals surface area contributed by atoms with E-state index in [1.807, 2.05) is 54.8 Å². The average Bonchev–Trinajstić information content (AvgIpc) is 2.45. The van der Waals surface area contributed by atoms with E-state index in [0.717, 1.165) is 11.1 Å². The van der Waals surface area contributed by atoms with E-state index in [4.69, 9.17) is 0 Å². The quantitative estimate of drug-likeness (QED) is 0.356. The molecule has 0 aromatic heterocycles. The van der Waals surface area contributed by atoms with Gasteiger partial charge in [0.25, 0.3) is 5.69 Å². The van der Waals surface area contributed by atoms with Gasteiger partial charge < -0.3 is 0 Å². The molecule has 3 nitrogen and oxygen atoms in total. The Morgan fingerprint density at radius 3 is 2.37 bits per heavy atom. The second-order valence-electron chi connectivity index (χ2n) is 3.93. The van der Waals surface area contributed by atoms with E-state index in [0.29, 0.717) is 4.90 Å². The lowest BCUT2D eigenvalue weighted by Gasteiger charge is -2.01. The summed E-state index contributed by atoms with van der Waals surface area (Å²) in [5.74, 6) is 0. The molecule has 0 N–H and O–H groups in total.